The highest BCUT2D eigenvalue weighted by atomic mass is 16.5. The van der Waals surface area contributed by atoms with Crippen molar-refractivity contribution in [2.45, 2.75) is 283 Å². The van der Waals surface area contributed by atoms with Crippen molar-refractivity contribution in [2.24, 2.45) is 0 Å². The molecule has 0 aromatic carbocycles. The summed E-state index contributed by atoms with van der Waals surface area (Å²) in [5.41, 5.74) is 0. The maximum atomic E-state index is 13.2. The van der Waals surface area contributed by atoms with E-state index in [1.165, 1.54) is 148 Å². The van der Waals surface area contributed by atoms with Gasteiger partial charge in [-0.05, 0) is 70.6 Å². The van der Waals surface area contributed by atoms with E-state index < -0.39 is 18.2 Å². The van der Waals surface area contributed by atoms with Gasteiger partial charge in [0.15, 0.2) is 0 Å². The van der Waals surface area contributed by atoms with Crippen LogP contribution in [0.2, 0.25) is 0 Å². The van der Waals surface area contributed by atoms with Crippen LogP contribution < -0.4 is 5.32 Å². The number of hydrogen-bond acceptors (Lipinski definition) is 5. The van der Waals surface area contributed by atoms with E-state index in [2.05, 4.69) is 50.4 Å². The molecule has 0 rings (SSSR count). The topological polar surface area (TPSA) is 95.9 Å². The number of carbonyl (C=O) groups is 2. The van der Waals surface area contributed by atoms with Gasteiger partial charge in [-0.1, -0.05) is 206 Å². The van der Waals surface area contributed by atoms with E-state index in [9.17, 15) is 19.8 Å². The Balaban J connectivity index is 4.52. The molecule has 0 heterocycles. The highest BCUT2D eigenvalue weighted by Crippen LogP contribution is 2.18. The molecule has 3 atom stereocenters. The Morgan fingerprint density at radius 2 is 0.877 bits per heavy atom. The van der Waals surface area contributed by atoms with Gasteiger partial charge in [0.2, 0.25) is 5.91 Å². The molecule has 0 aliphatic carbocycles. The SMILES string of the molecule is CCC/C=C\CCCCCCCC(=O)OC(CCCCCCC/C=C\CCCCCC)CC(=O)NC(CO)C(O)CCCCCCCCCCCCCCCCC. The maximum Gasteiger partial charge on any atom is 0.306 e. The standard InChI is InChI=1S/C51H97NO5/c1-4-7-10-13-16-19-22-24-25-27-29-31-34-37-40-43-49(54)48(46-53)52-50(55)45-47(42-39-36-33-30-28-26-23-20-17-14-11-8-5-2)57-51(56)44-41-38-35-32-21-18-15-12-9-6-3/h12,15,20,23,47-49,53-54H,4-11,13-14,16-19,21-22,24-46H2,1-3H3,(H,52,55)/b15-12-,23-20-. The number of amides is 1. The Morgan fingerprint density at radius 3 is 1.33 bits per heavy atom. The zero-order chi connectivity index (χ0) is 41.7. The number of carbonyl (C=O) groups excluding carboxylic acids is 2. The molecule has 57 heavy (non-hydrogen) atoms. The fourth-order valence-electron chi connectivity index (χ4n) is 7.66. The minimum Gasteiger partial charge on any atom is -0.462 e. The second-order valence-electron chi connectivity index (χ2n) is 17.2. The van der Waals surface area contributed by atoms with Crippen LogP contribution in [0.25, 0.3) is 0 Å². The van der Waals surface area contributed by atoms with Gasteiger partial charge in [0, 0.05) is 6.42 Å². The van der Waals surface area contributed by atoms with Crippen LogP contribution in [0, 0.1) is 0 Å². The molecule has 0 saturated heterocycles. The summed E-state index contributed by atoms with van der Waals surface area (Å²) in [6.07, 6.45) is 50.9. The molecule has 0 aliphatic heterocycles. The van der Waals surface area contributed by atoms with E-state index >= 15 is 0 Å². The quantitative estimate of drug-likeness (QED) is 0.0324. The molecule has 3 N–H and O–H groups in total. The highest BCUT2D eigenvalue weighted by molar-refractivity contribution is 5.77. The van der Waals surface area contributed by atoms with Crippen molar-refractivity contribution in [1.82, 2.24) is 5.32 Å². The Morgan fingerprint density at radius 1 is 0.491 bits per heavy atom. The molecule has 1 amide bonds. The molecule has 6 heteroatoms. The molecule has 0 bridgehead atoms. The lowest BCUT2D eigenvalue weighted by molar-refractivity contribution is -0.151. The van der Waals surface area contributed by atoms with E-state index in [1.54, 1.807) is 0 Å². The molecule has 0 saturated carbocycles. The Labute approximate surface area is 354 Å². The first-order chi connectivity index (χ1) is 28.0. The molecular weight excluding hydrogens is 707 g/mol. The molecule has 336 valence electrons. The maximum absolute atomic E-state index is 13.2. The third kappa shape index (κ3) is 40.9. The van der Waals surface area contributed by atoms with Gasteiger partial charge in [-0.2, -0.15) is 0 Å². The van der Waals surface area contributed by atoms with Crippen LogP contribution in [-0.2, 0) is 14.3 Å². The summed E-state index contributed by atoms with van der Waals surface area (Å²) in [5.74, 6) is -0.486. The van der Waals surface area contributed by atoms with Crippen molar-refractivity contribution in [3.05, 3.63) is 24.3 Å². The van der Waals surface area contributed by atoms with Crippen LogP contribution in [0.4, 0.5) is 0 Å². The van der Waals surface area contributed by atoms with Gasteiger partial charge in [0.1, 0.15) is 6.10 Å². The highest BCUT2D eigenvalue weighted by Gasteiger charge is 2.24. The average molecular weight is 804 g/mol. The smallest absolute Gasteiger partial charge is 0.306 e. The number of hydrogen-bond donors (Lipinski definition) is 3. The monoisotopic (exact) mass is 804 g/mol. The summed E-state index contributed by atoms with van der Waals surface area (Å²) >= 11 is 0. The Hall–Kier alpha value is -1.66. The number of aliphatic hydroxyl groups is 2. The lowest BCUT2D eigenvalue weighted by Crippen LogP contribution is -2.46. The van der Waals surface area contributed by atoms with Gasteiger partial charge >= 0.3 is 5.97 Å². The van der Waals surface area contributed by atoms with Gasteiger partial charge in [-0.25, -0.2) is 0 Å². The molecule has 6 nitrogen and oxygen atoms in total. The van der Waals surface area contributed by atoms with E-state index in [0.29, 0.717) is 19.3 Å². The third-order valence-corrected chi connectivity index (χ3v) is 11.5. The van der Waals surface area contributed by atoms with Gasteiger partial charge in [-0.3, -0.25) is 9.59 Å². The van der Waals surface area contributed by atoms with Crippen LogP contribution in [0.15, 0.2) is 24.3 Å². The summed E-state index contributed by atoms with van der Waals surface area (Å²) in [4.78, 5) is 26.0. The zero-order valence-electron chi connectivity index (χ0n) is 38.2. The first-order valence-electron chi connectivity index (χ1n) is 25.1. The van der Waals surface area contributed by atoms with E-state index in [4.69, 9.17) is 4.74 Å². The first kappa shape index (κ1) is 55.3. The normalized spacial score (nSPS) is 13.4. The number of ether oxygens (including phenoxy) is 1. The lowest BCUT2D eigenvalue weighted by atomic mass is 10.0. The summed E-state index contributed by atoms with van der Waals surface area (Å²) in [7, 11) is 0. The molecule has 0 spiro atoms. The Bertz CT molecular complexity index is 904. The fraction of sp³-hybridized carbons (Fsp3) is 0.882. The third-order valence-electron chi connectivity index (χ3n) is 11.5. The Kier molecular flexibility index (Phi) is 44.1. The van der Waals surface area contributed by atoms with Crippen molar-refractivity contribution < 1.29 is 24.5 Å². The van der Waals surface area contributed by atoms with Crippen LogP contribution in [0.3, 0.4) is 0 Å². The number of esters is 1. The van der Waals surface area contributed by atoms with Crippen molar-refractivity contribution >= 4 is 11.9 Å². The number of rotatable bonds is 45. The minimum absolute atomic E-state index is 0.0719. The first-order valence-corrected chi connectivity index (χ1v) is 25.1. The number of aliphatic hydroxyl groups excluding tert-OH is 2. The van der Waals surface area contributed by atoms with Crippen LogP contribution in [0.1, 0.15) is 265 Å². The van der Waals surface area contributed by atoms with Gasteiger partial charge in [0.25, 0.3) is 0 Å². The predicted octanol–water partition coefficient (Wildman–Crippen LogP) is 14.7. The summed E-state index contributed by atoms with van der Waals surface area (Å²) in [5, 5.41) is 23.7. The van der Waals surface area contributed by atoms with Crippen molar-refractivity contribution in [2.75, 3.05) is 6.61 Å². The molecule has 0 radical (unpaired) electrons. The van der Waals surface area contributed by atoms with E-state index in [0.717, 1.165) is 70.6 Å². The summed E-state index contributed by atoms with van der Waals surface area (Å²) < 4.78 is 5.90. The fourth-order valence-corrected chi connectivity index (χ4v) is 7.66. The van der Waals surface area contributed by atoms with Gasteiger partial charge < -0.3 is 20.3 Å². The van der Waals surface area contributed by atoms with Crippen molar-refractivity contribution in [1.29, 1.82) is 0 Å². The lowest BCUT2D eigenvalue weighted by Gasteiger charge is -2.24. The molecule has 0 aromatic rings. The minimum atomic E-state index is -0.787. The summed E-state index contributed by atoms with van der Waals surface area (Å²) in [6, 6.07) is -0.701. The van der Waals surface area contributed by atoms with E-state index in [1.807, 2.05) is 0 Å². The number of unbranched alkanes of at least 4 members (excludes halogenated alkanes) is 29. The number of nitrogens with one attached hydrogen (secondary N) is 1. The largest absolute Gasteiger partial charge is 0.462 e. The van der Waals surface area contributed by atoms with Crippen LogP contribution >= 0.6 is 0 Å². The molecule has 3 unspecified atom stereocenters. The van der Waals surface area contributed by atoms with Crippen LogP contribution in [-0.4, -0.2) is 46.9 Å². The van der Waals surface area contributed by atoms with Gasteiger partial charge in [-0.15, -0.1) is 0 Å². The number of allylic oxidation sites excluding steroid dienone is 4. The molecule has 0 aliphatic rings. The van der Waals surface area contributed by atoms with Gasteiger partial charge in [0.05, 0.1) is 25.2 Å². The summed E-state index contributed by atoms with van der Waals surface area (Å²) in [6.45, 7) is 6.42. The van der Waals surface area contributed by atoms with Crippen molar-refractivity contribution in [3.63, 3.8) is 0 Å². The molecule has 0 fully saturated rings. The second kappa shape index (κ2) is 45.4. The van der Waals surface area contributed by atoms with Crippen LogP contribution in [0.5, 0.6) is 0 Å². The predicted molar refractivity (Wildman–Crippen MR) is 246 cm³/mol. The molecule has 0 aromatic heterocycles. The second-order valence-corrected chi connectivity index (χ2v) is 17.2. The van der Waals surface area contributed by atoms with Crippen molar-refractivity contribution in [3.8, 4) is 0 Å². The zero-order valence-corrected chi connectivity index (χ0v) is 38.2. The average Bonchev–Trinajstić information content (AvgIpc) is 3.20. The van der Waals surface area contributed by atoms with E-state index in [-0.39, 0.29) is 24.9 Å². The molecular formula is C51H97NO5.